The van der Waals surface area contributed by atoms with E-state index >= 15 is 0 Å². The van der Waals surface area contributed by atoms with Gasteiger partial charge in [-0.1, -0.05) is 57.0 Å². The van der Waals surface area contributed by atoms with Gasteiger partial charge in [-0.2, -0.15) is 0 Å². The summed E-state index contributed by atoms with van der Waals surface area (Å²) < 4.78 is 0. The van der Waals surface area contributed by atoms with Crippen molar-refractivity contribution >= 4 is 5.91 Å². The summed E-state index contributed by atoms with van der Waals surface area (Å²) in [5.41, 5.74) is 6.62. The van der Waals surface area contributed by atoms with Crippen molar-refractivity contribution in [3.05, 3.63) is 35.9 Å². The number of rotatable bonds is 7. The minimum atomic E-state index is -0.255. The standard InChI is InChI=1S/C14H22N2O/c1-3-12(4-2)13(14(15)17)16-10-11-8-6-5-7-9-11/h5-9,12-13,16H,3-4,10H2,1-2H3,(H2,15,17). The van der Waals surface area contributed by atoms with Crippen LogP contribution in [0.3, 0.4) is 0 Å². The van der Waals surface area contributed by atoms with Crippen molar-refractivity contribution in [1.82, 2.24) is 5.32 Å². The van der Waals surface area contributed by atoms with Gasteiger partial charge >= 0.3 is 0 Å². The number of nitrogens with one attached hydrogen (secondary N) is 1. The topological polar surface area (TPSA) is 55.1 Å². The fraction of sp³-hybridized carbons (Fsp3) is 0.500. The van der Waals surface area contributed by atoms with Crippen LogP contribution in [0, 0.1) is 5.92 Å². The largest absolute Gasteiger partial charge is 0.368 e. The Morgan fingerprint density at radius 1 is 1.24 bits per heavy atom. The zero-order valence-corrected chi connectivity index (χ0v) is 10.6. The van der Waals surface area contributed by atoms with Crippen LogP contribution in [-0.2, 0) is 11.3 Å². The number of benzene rings is 1. The predicted molar refractivity (Wildman–Crippen MR) is 70.3 cm³/mol. The van der Waals surface area contributed by atoms with Gasteiger partial charge in [0.25, 0.3) is 0 Å². The second kappa shape index (κ2) is 7.07. The summed E-state index contributed by atoms with van der Waals surface area (Å²) in [5, 5.41) is 3.26. The van der Waals surface area contributed by atoms with Crippen LogP contribution < -0.4 is 11.1 Å². The van der Waals surface area contributed by atoms with Crippen LogP contribution in [0.15, 0.2) is 30.3 Å². The SMILES string of the molecule is CCC(CC)C(NCc1ccccc1)C(N)=O. The third-order valence-corrected chi connectivity index (χ3v) is 3.20. The smallest absolute Gasteiger partial charge is 0.234 e. The number of hydrogen-bond donors (Lipinski definition) is 2. The number of amides is 1. The van der Waals surface area contributed by atoms with Gasteiger partial charge in [0.05, 0.1) is 6.04 Å². The highest BCUT2D eigenvalue weighted by atomic mass is 16.1. The van der Waals surface area contributed by atoms with Crippen LogP contribution >= 0.6 is 0 Å². The van der Waals surface area contributed by atoms with Crippen molar-refractivity contribution in [3.8, 4) is 0 Å². The van der Waals surface area contributed by atoms with Crippen LogP contribution in [0.25, 0.3) is 0 Å². The minimum absolute atomic E-state index is 0.231. The highest BCUT2D eigenvalue weighted by molar-refractivity contribution is 5.80. The molecule has 0 radical (unpaired) electrons. The molecule has 0 aliphatic rings. The molecule has 0 aliphatic carbocycles. The second-order valence-corrected chi connectivity index (χ2v) is 4.32. The van der Waals surface area contributed by atoms with E-state index in [1.54, 1.807) is 0 Å². The maximum absolute atomic E-state index is 11.4. The quantitative estimate of drug-likeness (QED) is 0.758. The molecule has 0 bridgehead atoms. The molecule has 1 atom stereocenters. The summed E-state index contributed by atoms with van der Waals surface area (Å²) in [6.45, 7) is 4.87. The maximum atomic E-state index is 11.4. The second-order valence-electron chi connectivity index (χ2n) is 4.32. The third-order valence-electron chi connectivity index (χ3n) is 3.20. The zero-order chi connectivity index (χ0) is 12.7. The van der Waals surface area contributed by atoms with E-state index in [1.807, 2.05) is 30.3 Å². The first-order chi connectivity index (χ1) is 8.19. The highest BCUT2D eigenvalue weighted by Gasteiger charge is 2.22. The molecule has 0 heterocycles. The van der Waals surface area contributed by atoms with Gasteiger partial charge in [0.1, 0.15) is 0 Å². The van der Waals surface area contributed by atoms with Crippen LogP contribution in [0.2, 0.25) is 0 Å². The number of carbonyl (C=O) groups is 1. The van der Waals surface area contributed by atoms with Crippen LogP contribution in [0.5, 0.6) is 0 Å². The van der Waals surface area contributed by atoms with E-state index in [0.717, 1.165) is 12.8 Å². The number of hydrogen-bond acceptors (Lipinski definition) is 2. The van der Waals surface area contributed by atoms with Crippen molar-refractivity contribution < 1.29 is 4.79 Å². The normalized spacial score (nSPS) is 12.6. The average molecular weight is 234 g/mol. The van der Waals surface area contributed by atoms with Crippen molar-refractivity contribution in [1.29, 1.82) is 0 Å². The summed E-state index contributed by atoms with van der Waals surface area (Å²) in [7, 11) is 0. The van der Waals surface area contributed by atoms with Crippen LogP contribution in [-0.4, -0.2) is 11.9 Å². The van der Waals surface area contributed by atoms with Crippen molar-refractivity contribution in [3.63, 3.8) is 0 Å². The Morgan fingerprint density at radius 2 is 1.82 bits per heavy atom. The lowest BCUT2D eigenvalue weighted by atomic mass is 9.93. The average Bonchev–Trinajstić information content (AvgIpc) is 2.35. The summed E-state index contributed by atoms with van der Waals surface area (Å²) in [4.78, 5) is 11.4. The molecule has 0 saturated heterocycles. The maximum Gasteiger partial charge on any atom is 0.234 e. The van der Waals surface area contributed by atoms with Gasteiger partial charge in [0, 0.05) is 6.54 Å². The molecule has 1 aromatic carbocycles. The first-order valence-corrected chi connectivity index (χ1v) is 6.25. The lowest BCUT2D eigenvalue weighted by molar-refractivity contribution is -0.121. The van der Waals surface area contributed by atoms with E-state index in [4.69, 9.17) is 5.73 Å². The predicted octanol–water partition coefficient (Wildman–Crippen LogP) is 2.07. The van der Waals surface area contributed by atoms with Crippen molar-refractivity contribution in [2.75, 3.05) is 0 Å². The molecule has 1 aromatic rings. The lowest BCUT2D eigenvalue weighted by Gasteiger charge is -2.23. The minimum Gasteiger partial charge on any atom is -0.368 e. The van der Waals surface area contributed by atoms with Gasteiger partial charge in [-0.15, -0.1) is 0 Å². The van der Waals surface area contributed by atoms with E-state index in [0.29, 0.717) is 12.5 Å². The van der Waals surface area contributed by atoms with Crippen LogP contribution in [0.1, 0.15) is 32.3 Å². The molecule has 3 N–H and O–H groups in total. The zero-order valence-electron chi connectivity index (χ0n) is 10.6. The monoisotopic (exact) mass is 234 g/mol. The molecule has 0 aliphatic heterocycles. The number of nitrogens with two attached hydrogens (primary N) is 1. The molecule has 1 unspecified atom stereocenters. The third kappa shape index (κ3) is 4.19. The van der Waals surface area contributed by atoms with Crippen LogP contribution in [0.4, 0.5) is 0 Å². The molecular weight excluding hydrogens is 212 g/mol. The Kier molecular flexibility index (Phi) is 5.70. The summed E-state index contributed by atoms with van der Waals surface area (Å²) in [5.74, 6) is 0.0610. The Morgan fingerprint density at radius 3 is 2.29 bits per heavy atom. The molecule has 1 rings (SSSR count). The molecule has 0 spiro atoms. The first-order valence-electron chi connectivity index (χ1n) is 6.25. The molecule has 94 valence electrons. The van der Waals surface area contributed by atoms with Crippen molar-refractivity contribution in [2.45, 2.75) is 39.3 Å². The van der Waals surface area contributed by atoms with Gasteiger partial charge in [-0.05, 0) is 11.5 Å². The number of primary amides is 1. The Bertz CT molecular complexity index is 333. The molecule has 0 saturated carbocycles. The Hall–Kier alpha value is -1.35. The van der Waals surface area contributed by atoms with E-state index in [2.05, 4.69) is 19.2 Å². The Balaban J connectivity index is 2.59. The van der Waals surface area contributed by atoms with Gasteiger partial charge in [0.15, 0.2) is 0 Å². The lowest BCUT2D eigenvalue weighted by Crippen LogP contribution is -2.46. The molecule has 0 aromatic heterocycles. The molecule has 1 amide bonds. The number of carbonyl (C=O) groups excluding carboxylic acids is 1. The molecule has 3 nitrogen and oxygen atoms in total. The van der Waals surface area contributed by atoms with Gasteiger partial charge in [-0.3, -0.25) is 4.79 Å². The Labute approximate surface area is 103 Å². The summed E-state index contributed by atoms with van der Waals surface area (Å²) in [6.07, 6.45) is 1.93. The molecular formula is C14H22N2O. The van der Waals surface area contributed by atoms with E-state index in [1.165, 1.54) is 5.56 Å². The molecule has 0 fully saturated rings. The van der Waals surface area contributed by atoms with Gasteiger partial charge < -0.3 is 11.1 Å². The summed E-state index contributed by atoms with van der Waals surface area (Å²) >= 11 is 0. The van der Waals surface area contributed by atoms with Crippen molar-refractivity contribution in [2.24, 2.45) is 11.7 Å². The fourth-order valence-corrected chi connectivity index (χ4v) is 2.08. The van der Waals surface area contributed by atoms with Gasteiger partial charge in [0.2, 0.25) is 5.91 Å². The summed E-state index contributed by atoms with van der Waals surface area (Å²) in [6, 6.07) is 9.82. The van der Waals surface area contributed by atoms with E-state index < -0.39 is 0 Å². The van der Waals surface area contributed by atoms with Gasteiger partial charge in [-0.25, -0.2) is 0 Å². The molecule has 17 heavy (non-hydrogen) atoms. The fourth-order valence-electron chi connectivity index (χ4n) is 2.08. The first kappa shape index (κ1) is 13.7. The molecule has 3 heteroatoms. The van der Waals surface area contributed by atoms with E-state index in [9.17, 15) is 4.79 Å². The highest BCUT2D eigenvalue weighted by Crippen LogP contribution is 2.13. The van der Waals surface area contributed by atoms with E-state index in [-0.39, 0.29) is 11.9 Å².